The van der Waals surface area contributed by atoms with Crippen molar-refractivity contribution < 1.29 is 0 Å². The summed E-state index contributed by atoms with van der Waals surface area (Å²) in [6.07, 6.45) is 3.58. The molecule has 0 N–H and O–H groups in total. The van der Waals surface area contributed by atoms with Gasteiger partial charge < -0.3 is 4.90 Å². The van der Waals surface area contributed by atoms with Gasteiger partial charge in [-0.05, 0) is 77.1 Å². The van der Waals surface area contributed by atoms with E-state index in [9.17, 15) is 0 Å². The van der Waals surface area contributed by atoms with Crippen molar-refractivity contribution in [3.05, 3.63) is 139 Å². The van der Waals surface area contributed by atoms with Gasteiger partial charge >= 0.3 is 0 Å². The van der Waals surface area contributed by atoms with Crippen LogP contribution in [-0.4, -0.2) is 0 Å². The summed E-state index contributed by atoms with van der Waals surface area (Å²) < 4.78 is 0. The molecule has 1 nitrogen and oxygen atoms in total. The molecule has 0 spiro atoms. The largest absolute Gasteiger partial charge is 0.311 e. The first-order chi connectivity index (χ1) is 17.3. The number of unbranched alkanes of at least 4 members (excludes halogenated alkanes) is 1. The Bertz CT molecular complexity index is 1240. The van der Waals surface area contributed by atoms with E-state index >= 15 is 0 Å². The van der Waals surface area contributed by atoms with Gasteiger partial charge in [0.2, 0.25) is 0 Å². The average molecular weight is 454 g/mol. The zero-order valence-electron chi connectivity index (χ0n) is 20.3. The molecule has 0 aliphatic carbocycles. The second-order valence-corrected chi connectivity index (χ2v) is 8.93. The normalized spacial score (nSPS) is 10.8. The van der Waals surface area contributed by atoms with E-state index < -0.39 is 0 Å². The van der Waals surface area contributed by atoms with E-state index in [1.807, 2.05) is 0 Å². The van der Waals surface area contributed by atoms with Gasteiger partial charge in [-0.25, -0.2) is 0 Å². The third-order valence-electron chi connectivity index (χ3n) is 6.48. The van der Waals surface area contributed by atoms with E-state index in [0.29, 0.717) is 0 Å². The minimum Gasteiger partial charge on any atom is -0.311 e. The van der Waals surface area contributed by atoms with Crippen LogP contribution in [0, 0.1) is 0 Å². The highest BCUT2D eigenvalue weighted by Gasteiger charge is 2.13. The predicted molar refractivity (Wildman–Crippen MR) is 151 cm³/mol. The Balaban J connectivity index is 1.50. The van der Waals surface area contributed by atoms with Gasteiger partial charge in [0, 0.05) is 17.1 Å². The first-order valence-electron chi connectivity index (χ1n) is 12.5. The van der Waals surface area contributed by atoms with Crippen molar-refractivity contribution >= 4 is 17.1 Å². The summed E-state index contributed by atoms with van der Waals surface area (Å²) in [5, 5.41) is 0. The molecule has 0 saturated carbocycles. The molecule has 0 aliphatic rings. The Kier molecular flexibility index (Phi) is 7.05. The van der Waals surface area contributed by atoms with Gasteiger partial charge in [-0.15, -0.1) is 0 Å². The Labute approximate surface area is 209 Å². The Morgan fingerprint density at radius 1 is 0.429 bits per heavy atom. The van der Waals surface area contributed by atoms with Gasteiger partial charge in [-0.2, -0.15) is 0 Å². The monoisotopic (exact) mass is 453 g/mol. The van der Waals surface area contributed by atoms with Crippen LogP contribution >= 0.6 is 0 Å². The van der Waals surface area contributed by atoms with E-state index in [1.54, 1.807) is 0 Å². The van der Waals surface area contributed by atoms with Gasteiger partial charge in [-0.1, -0.05) is 110 Å². The molecule has 0 saturated heterocycles. The molecule has 5 rings (SSSR count). The fraction of sp³-hybridized carbons (Fsp3) is 0.118. The third-order valence-corrected chi connectivity index (χ3v) is 6.48. The van der Waals surface area contributed by atoms with Crippen LogP contribution in [0.5, 0.6) is 0 Å². The van der Waals surface area contributed by atoms with Crippen LogP contribution in [0.4, 0.5) is 17.1 Å². The topological polar surface area (TPSA) is 3.24 Å². The maximum atomic E-state index is 2.34. The predicted octanol–water partition coefficient (Wildman–Crippen LogP) is 9.83. The second-order valence-electron chi connectivity index (χ2n) is 8.93. The lowest BCUT2D eigenvalue weighted by Crippen LogP contribution is -2.10. The highest BCUT2D eigenvalue weighted by molar-refractivity contribution is 5.79. The van der Waals surface area contributed by atoms with Crippen LogP contribution < -0.4 is 4.90 Å². The molecule has 0 fully saturated rings. The molecule has 172 valence electrons. The molecule has 0 unspecified atom stereocenters. The minimum absolute atomic E-state index is 1.13. The van der Waals surface area contributed by atoms with Crippen molar-refractivity contribution in [1.29, 1.82) is 0 Å². The number of benzene rings is 5. The van der Waals surface area contributed by atoms with Crippen LogP contribution in [0.25, 0.3) is 22.3 Å². The number of aryl methyl sites for hydroxylation is 1. The standard InChI is InChI=1S/C34H31N/c1-2-3-10-27-15-21-32(22-16-27)35(33-23-17-30(18-24-33)28-11-6-4-7-12-28)34-25-19-31(20-26-34)29-13-8-5-9-14-29/h4-9,11-26H,2-3,10H2,1H3. The molecule has 5 aromatic rings. The first-order valence-corrected chi connectivity index (χ1v) is 12.5. The smallest absolute Gasteiger partial charge is 0.0462 e. The summed E-state index contributed by atoms with van der Waals surface area (Å²) >= 11 is 0. The van der Waals surface area contributed by atoms with Crippen molar-refractivity contribution in [1.82, 2.24) is 0 Å². The molecule has 0 aromatic heterocycles. The van der Waals surface area contributed by atoms with E-state index in [4.69, 9.17) is 0 Å². The summed E-state index contributed by atoms with van der Waals surface area (Å²) in [5.74, 6) is 0. The molecule has 35 heavy (non-hydrogen) atoms. The van der Waals surface area contributed by atoms with Crippen molar-refractivity contribution in [2.24, 2.45) is 0 Å². The maximum Gasteiger partial charge on any atom is 0.0462 e. The number of nitrogens with zero attached hydrogens (tertiary/aromatic N) is 1. The van der Waals surface area contributed by atoms with E-state index in [0.717, 1.165) is 17.8 Å². The van der Waals surface area contributed by atoms with Gasteiger partial charge in [0.05, 0.1) is 0 Å². The highest BCUT2D eigenvalue weighted by atomic mass is 15.1. The van der Waals surface area contributed by atoms with Crippen molar-refractivity contribution in [3.63, 3.8) is 0 Å². The zero-order valence-corrected chi connectivity index (χ0v) is 20.3. The first kappa shape index (κ1) is 22.7. The minimum atomic E-state index is 1.13. The van der Waals surface area contributed by atoms with Crippen LogP contribution in [0.2, 0.25) is 0 Å². The SMILES string of the molecule is CCCCc1ccc(N(c2ccc(-c3ccccc3)cc2)c2ccc(-c3ccccc3)cc2)cc1. The third kappa shape index (κ3) is 5.36. The fourth-order valence-corrected chi connectivity index (χ4v) is 4.51. The highest BCUT2D eigenvalue weighted by Crippen LogP contribution is 2.36. The lowest BCUT2D eigenvalue weighted by atomic mass is 10.0. The van der Waals surface area contributed by atoms with Gasteiger partial charge in [-0.3, -0.25) is 0 Å². The lowest BCUT2D eigenvalue weighted by Gasteiger charge is -2.26. The lowest BCUT2D eigenvalue weighted by molar-refractivity contribution is 0.795. The Hall–Kier alpha value is -4.10. The summed E-state index contributed by atoms with van der Waals surface area (Å²) in [7, 11) is 0. The summed E-state index contributed by atoms with van der Waals surface area (Å²) in [5.41, 5.74) is 9.79. The summed E-state index contributed by atoms with van der Waals surface area (Å²) in [6.45, 7) is 2.24. The second kappa shape index (κ2) is 10.9. The number of hydrogen-bond donors (Lipinski definition) is 0. The number of rotatable bonds is 8. The zero-order chi connectivity index (χ0) is 23.9. The van der Waals surface area contributed by atoms with Gasteiger partial charge in [0.25, 0.3) is 0 Å². The number of hydrogen-bond acceptors (Lipinski definition) is 1. The van der Waals surface area contributed by atoms with Crippen molar-refractivity contribution in [3.8, 4) is 22.3 Å². The van der Waals surface area contributed by atoms with Crippen molar-refractivity contribution in [2.75, 3.05) is 4.90 Å². The van der Waals surface area contributed by atoms with E-state index in [-0.39, 0.29) is 0 Å². The molecule has 0 bridgehead atoms. The maximum absolute atomic E-state index is 2.34. The average Bonchev–Trinajstić information content (AvgIpc) is 2.94. The molecule has 5 aromatic carbocycles. The van der Waals surface area contributed by atoms with Crippen LogP contribution in [0.15, 0.2) is 133 Å². The molecule has 0 aliphatic heterocycles. The van der Waals surface area contributed by atoms with Crippen LogP contribution in [-0.2, 0) is 6.42 Å². The molecular weight excluding hydrogens is 422 g/mol. The Morgan fingerprint density at radius 3 is 1.20 bits per heavy atom. The molecular formula is C34H31N. The van der Waals surface area contributed by atoms with E-state index in [1.165, 1.54) is 46.3 Å². The number of anilines is 3. The summed E-state index contributed by atoms with van der Waals surface area (Å²) in [6, 6.07) is 47.9. The van der Waals surface area contributed by atoms with Gasteiger partial charge in [0.1, 0.15) is 0 Å². The van der Waals surface area contributed by atoms with Crippen LogP contribution in [0.3, 0.4) is 0 Å². The van der Waals surface area contributed by atoms with E-state index in [2.05, 4.69) is 145 Å². The molecule has 0 heterocycles. The van der Waals surface area contributed by atoms with Gasteiger partial charge in [0.15, 0.2) is 0 Å². The molecule has 1 heteroatoms. The summed E-state index contributed by atoms with van der Waals surface area (Å²) in [4.78, 5) is 2.34. The molecule has 0 atom stereocenters. The molecule has 0 radical (unpaired) electrons. The van der Waals surface area contributed by atoms with Crippen LogP contribution in [0.1, 0.15) is 25.3 Å². The fourth-order valence-electron chi connectivity index (χ4n) is 4.51. The Morgan fingerprint density at radius 2 is 0.800 bits per heavy atom. The molecule has 0 amide bonds. The quantitative estimate of drug-likeness (QED) is 0.226. The van der Waals surface area contributed by atoms with Crippen molar-refractivity contribution in [2.45, 2.75) is 26.2 Å².